The molecule has 1 fully saturated rings. The molecule has 1 aromatic rings. The lowest BCUT2D eigenvalue weighted by atomic mass is 9.81. The molecule has 1 atom stereocenters. The second-order valence-corrected chi connectivity index (χ2v) is 5.43. The zero-order valence-electron chi connectivity index (χ0n) is 11.3. The normalized spacial score (nSPS) is 23.9. The number of carbonyl (C=O) groups excluding carboxylic acids is 1. The molecule has 0 spiro atoms. The van der Waals surface area contributed by atoms with Crippen LogP contribution < -0.4 is 5.32 Å². The molecular formula is C13H21N3O2. The van der Waals surface area contributed by atoms with E-state index in [1.807, 2.05) is 27.0 Å². The molecule has 0 aliphatic carbocycles. The van der Waals surface area contributed by atoms with Crippen molar-refractivity contribution in [2.75, 3.05) is 20.1 Å². The van der Waals surface area contributed by atoms with Crippen molar-refractivity contribution in [2.24, 2.45) is 5.41 Å². The fourth-order valence-electron chi connectivity index (χ4n) is 2.51. The lowest BCUT2D eigenvalue weighted by Crippen LogP contribution is -2.48. The standard InChI is InChI=1S/C13H21N3O2/c1-10-7-11(15-18-10)8-16(3)12(17)13(2)5-4-6-14-9-13/h7,14H,4-6,8-9H2,1-3H3. The Labute approximate surface area is 108 Å². The first-order valence-corrected chi connectivity index (χ1v) is 6.40. The van der Waals surface area contributed by atoms with E-state index in [0.29, 0.717) is 6.54 Å². The number of nitrogens with one attached hydrogen (secondary N) is 1. The Hall–Kier alpha value is -1.36. The maximum atomic E-state index is 12.5. The number of hydrogen-bond acceptors (Lipinski definition) is 4. The highest BCUT2D eigenvalue weighted by Crippen LogP contribution is 2.28. The van der Waals surface area contributed by atoms with Crippen molar-refractivity contribution >= 4 is 5.91 Å². The van der Waals surface area contributed by atoms with E-state index in [1.165, 1.54) is 0 Å². The molecule has 0 radical (unpaired) electrons. The summed E-state index contributed by atoms with van der Waals surface area (Å²) in [6.45, 7) is 6.16. The molecule has 100 valence electrons. The summed E-state index contributed by atoms with van der Waals surface area (Å²) in [5.74, 6) is 0.951. The van der Waals surface area contributed by atoms with Crippen molar-refractivity contribution in [3.05, 3.63) is 17.5 Å². The first kappa shape index (κ1) is 13.1. The summed E-state index contributed by atoms with van der Waals surface area (Å²) in [6.07, 6.45) is 2.00. The van der Waals surface area contributed by atoms with Gasteiger partial charge in [-0.2, -0.15) is 0 Å². The SMILES string of the molecule is Cc1cc(CN(C)C(=O)C2(C)CCCNC2)no1. The number of piperidine rings is 1. The van der Waals surface area contributed by atoms with Gasteiger partial charge in [-0.25, -0.2) is 0 Å². The summed E-state index contributed by atoms with van der Waals surface area (Å²) in [5, 5.41) is 7.22. The molecule has 5 heteroatoms. The minimum atomic E-state index is -0.286. The maximum Gasteiger partial charge on any atom is 0.229 e. The quantitative estimate of drug-likeness (QED) is 0.880. The van der Waals surface area contributed by atoms with E-state index in [9.17, 15) is 4.79 Å². The van der Waals surface area contributed by atoms with Crippen LogP contribution in [0.25, 0.3) is 0 Å². The Bertz CT molecular complexity index is 422. The fraction of sp³-hybridized carbons (Fsp3) is 0.692. The van der Waals surface area contributed by atoms with Crippen LogP contribution in [0.5, 0.6) is 0 Å². The lowest BCUT2D eigenvalue weighted by Gasteiger charge is -2.35. The predicted molar refractivity (Wildman–Crippen MR) is 67.9 cm³/mol. The highest BCUT2D eigenvalue weighted by atomic mass is 16.5. The summed E-state index contributed by atoms with van der Waals surface area (Å²) in [4.78, 5) is 14.2. The highest BCUT2D eigenvalue weighted by molar-refractivity contribution is 5.82. The molecule has 0 saturated carbocycles. The molecule has 1 aliphatic rings. The second kappa shape index (κ2) is 5.10. The van der Waals surface area contributed by atoms with E-state index < -0.39 is 0 Å². The minimum Gasteiger partial charge on any atom is -0.361 e. The molecule has 0 bridgehead atoms. The topological polar surface area (TPSA) is 58.4 Å². The third-order valence-corrected chi connectivity index (χ3v) is 3.54. The van der Waals surface area contributed by atoms with Gasteiger partial charge < -0.3 is 14.7 Å². The van der Waals surface area contributed by atoms with Crippen LogP contribution in [-0.2, 0) is 11.3 Å². The molecule has 1 amide bonds. The van der Waals surface area contributed by atoms with Crippen LogP contribution in [0.15, 0.2) is 10.6 Å². The molecule has 1 N–H and O–H groups in total. The van der Waals surface area contributed by atoms with Crippen LogP contribution in [0.1, 0.15) is 31.2 Å². The number of amides is 1. The van der Waals surface area contributed by atoms with Gasteiger partial charge in [0.2, 0.25) is 5.91 Å². The van der Waals surface area contributed by atoms with E-state index in [2.05, 4.69) is 10.5 Å². The Morgan fingerprint density at radius 1 is 1.67 bits per heavy atom. The second-order valence-electron chi connectivity index (χ2n) is 5.43. The summed E-state index contributed by atoms with van der Waals surface area (Å²) in [6, 6.07) is 1.87. The molecule has 1 aromatic heterocycles. The van der Waals surface area contributed by atoms with Crippen LogP contribution >= 0.6 is 0 Å². The van der Waals surface area contributed by atoms with Gasteiger partial charge in [-0.1, -0.05) is 5.16 Å². The number of aromatic nitrogens is 1. The minimum absolute atomic E-state index is 0.176. The fourth-order valence-corrected chi connectivity index (χ4v) is 2.51. The Kier molecular flexibility index (Phi) is 3.71. The van der Waals surface area contributed by atoms with E-state index in [0.717, 1.165) is 37.4 Å². The Morgan fingerprint density at radius 3 is 3.00 bits per heavy atom. The first-order chi connectivity index (χ1) is 8.51. The number of carbonyl (C=O) groups is 1. The summed E-state index contributed by atoms with van der Waals surface area (Å²) in [7, 11) is 1.83. The zero-order valence-corrected chi connectivity index (χ0v) is 11.3. The van der Waals surface area contributed by atoms with Gasteiger partial charge in [-0.3, -0.25) is 4.79 Å². The maximum absolute atomic E-state index is 12.5. The van der Waals surface area contributed by atoms with Gasteiger partial charge in [0.25, 0.3) is 0 Å². The molecule has 2 rings (SSSR count). The van der Waals surface area contributed by atoms with Gasteiger partial charge in [-0.15, -0.1) is 0 Å². The third kappa shape index (κ3) is 2.72. The van der Waals surface area contributed by atoms with Crippen LogP contribution in [0.2, 0.25) is 0 Å². The first-order valence-electron chi connectivity index (χ1n) is 6.40. The van der Waals surface area contributed by atoms with E-state index in [1.54, 1.807) is 4.90 Å². The van der Waals surface area contributed by atoms with Crippen molar-refractivity contribution in [2.45, 2.75) is 33.2 Å². The van der Waals surface area contributed by atoms with Gasteiger partial charge in [0.15, 0.2) is 0 Å². The van der Waals surface area contributed by atoms with Crippen LogP contribution in [0.4, 0.5) is 0 Å². The van der Waals surface area contributed by atoms with Crippen molar-refractivity contribution in [3.8, 4) is 0 Å². The predicted octanol–water partition coefficient (Wildman–Crippen LogP) is 1.33. The molecule has 1 saturated heterocycles. The molecule has 2 heterocycles. The van der Waals surface area contributed by atoms with Gasteiger partial charge in [-0.05, 0) is 33.2 Å². The number of aryl methyl sites for hydroxylation is 1. The molecule has 1 unspecified atom stereocenters. The van der Waals surface area contributed by atoms with Gasteiger partial charge in [0, 0.05) is 19.7 Å². The Balaban J connectivity index is 1.99. The van der Waals surface area contributed by atoms with Crippen LogP contribution in [0.3, 0.4) is 0 Å². The average molecular weight is 251 g/mol. The zero-order chi connectivity index (χ0) is 13.2. The van der Waals surface area contributed by atoms with E-state index in [4.69, 9.17) is 4.52 Å². The lowest BCUT2D eigenvalue weighted by molar-refractivity contribution is -0.141. The summed E-state index contributed by atoms with van der Waals surface area (Å²) >= 11 is 0. The highest BCUT2D eigenvalue weighted by Gasteiger charge is 2.36. The average Bonchev–Trinajstić information content (AvgIpc) is 2.74. The number of nitrogens with zero attached hydrogens (tertiary/aromatic N) is 2. The van der Waals surface area contributed by atoms with Crippen molar-refractivity contribution < 1.29 is 9.32 Å². The van der Waals surface area contributed by atoms with Crippen LogP contribution in [0, 0.1) is 12.3 Å². The third-order valence-electron chi connectivity index (χ3n) is 3.54. The molecule has 1 aliphatic heterocycles. The molecule has 18 heavy (non-hydrogen) atoms. The van der Waals surface area contributed by atoms with E-state index in [-0.39, 0.29) is 11.3 Å². The molecule has 0 aromatic carbocycles. The van der Waals surface area contributed by atoms with E-state index >= 15 is 0 Å². The summed E-state index contributed by atoms with van der Waals surface area (Å²) in [5.41, 5.74) is 0.516. The van der Waals surface area contributed by atoms with Crippen molar-refractivity contribution in [3.63, 3.8) is 0 Å². The largest absolute Gasteiger partial charge is 0.361 e. The number of rotatable bonds is 3. The molecule has 5 nitrogen and oxygen atoms in total. The number of hydrogen-bond donors (Lipinski definition) is 1. The van der Waals surface area contributed by atoms with Crippen LogP contribution in [-0.4, -0.2) is 36.1 Å². The monoisotopic (exact) mass is 251 g/mol. The smallest absolute Gasteiger partial charge is 0.229 e. The van der Waals surface area contributed by atoms with Gasteiger partial charge in [0.1, 0.15) is 11.5 Å². The van der Waals surface area contributed by atoms with Crippen molar-refractivity contribution in [1.29, 1.82) is 0 Å². The van der Waals surface area contributed by atoms with Gasteiger partial charge >= 0.3 is 0 Å². The summed E-state index contributed by atoms with van der Waals surface area (Å²) < 4.78 is 5.02. The Morgan fingerprint density at radius 2 is 2.44 bits per heavy atom. The van der Waals surface area contributed by atoms with Gasteiger partial charge in [0.05, 0.1) is 12.0 Å². The van der Waals surface area contributed by atoms with Crippen molar-refractivity contribution in [1.82, 2.24) is 15.4 Å². The molecular weight excluding hydrogens is 230 g/mol.